The highest BCUT2D eigenvalue weighted by Gasteiger charge is 2.00. The second kappa shape index (κ2) is 9.72. The quantitative estimate of drug-likeness (QED) is 0.341. The fraction of sp³-hybridized carbons (Fsp3) is 0.176. The summed E-state index contributed by atoms with van der Waals surface area (Å²) in [6.45, 7) is 1.19. The van der Waals surface area contributed by atoms with Gasteiger partial charge in [0.25, 0.3) is 0 Å². The molecule has 3 rings (SSSR count). The Balaban J connectivity index is 0.00000225. The van der Waals surface area contributed by atoms with Gasteiger partial charge in [0.15, 0.2) is 5.96 Å². The number of hydrogen-bond acceptors (Lipinski definition) is 4. The molecule has 0 aliphatic heterocycles. The third-order valence-electron chi connectivity index (χ3n) is 3.42. The number of nitrogens with two attached hydrogens (primary N) is 1. The molecule has 3 heterocycles. The van der Waals surface area contributed by atoms with E-state index in [-0.39, 0.29) is 24.0 Å². The molecule has 0 amide bonds. The number of pyridine rings is 2. The van der Waals surface area contributed by atoms with Crippen LogP contribution in [-0.2, 0) is 13.0 Å². The zero-order chi connectivity index (χ0) is 16.6. The van der Waals surface area contributed by atoms with Crippen LogP contribution in [0.2, 0.25) is 0 Å². The molecule has 7 nitrogen and oxygen atoms in total. The van der Waals surface area contributed by atoms with Crippen LogP contribution >= 0.6 is 24.0 Å². The molecule has 3 N–H and O–H groups in total. The number of nitrogens with one attached hydrogen (secondary N) is 1. The summed E-state index contributed by atoms with van der Waals surface area (Å²) in [5.74, 6) is 1.23. The van der Waals surface area contributed by atoms with E-state index in [1.807, 2.05) is 41.1 Å². The van der Waals surface area contributed by atoms with E-state index in [0.29, 0.717) is 19.0 Å². The van der Waals surface area contributed by atoms with Crippen molar-refractivity contribution in [3.63, 3.8) is 0 Å². The molecular formula is C17H20IN7. The molecule has 8 heteroatoms. The first-order valence-corrected chi connectivity index (χ1v) is 7.68. The lowest BCUT2D eigenvalue weighted by Gasteiger charge is -2.06. The standard InChI is InChI=1S/C17H19N7.HI/c18-17(22-8-5-15-3-1-2-6-20-15)23-12-14-4-7-21-16(11-14)24-10-9-19-13-24;/h1-4,6-7,9-11,13H,5,8,12H2,(H3,18,22,23);1H. The molecule has 0 unspecified atom stereocenters. The van der Waals surface area contributed by atoms with Crippen molar-refractivity contribution in [2.75, 3.05) is 6.54 Å². The molecule has 3 aromatic rings. The summed E-state index contributed by atoms with van der Waals surface area (Å²) in [5.41, 5.74) is 7.96. The van der Waals surface area contributed by atoms with Crippen LogP contribution < -0.4 is 11.1 Å². The molecule has 130 valence electrons. The van der Waals surface area contributed by atoms with E-state index < -0.39 is 0 Å². The molecule has 0 aliphatic carbocycles. The van der Waals surface area contributed by atoms with Crippen molar-refractivity contribution in [3.8, 4) is 5.82 Å². The van der Waals surface area contributed by atoms with E-state index in [1.54, 1.807) is 24.9 Å². The van der Waals surface area contributed by atoms with Crippen LogP contribution in [0.15, 0.2) is 66.4 Å². The fourth-order valence-corrected chi connectivity index (χ4v) is 2.19. The predicted molar refractivity (Wildman–Crippen MR) is 108 cm³/mol. The van der Waals surface area contributed by atoms with Gasteiger partial charge in [-0.2, -0.15) is 0 Å². The SMILES string of the molecule is I.NC(=NCc1ccnc(-n2ccnc2)c1)NCCc1ccccn1. The van der Waals surface area contributed by atoms with Gasteiger partial charge in [0.05, 0.1) is 6.54 Å². The number of aromatic nitrogens is 4. The highest BCUT2D eigenvalue weighted by molar-refractivity contribution is 14.0. The summed E-state index contributed by atoms with van der Waals surface area (Å²) in [6.07, 6.45) is 9.62. The Morgan fingerprint density at radius 1 is 1.16 bits per heavy atom. The molecule has 0 spiro atoms. The van der Waals surface area contributed by atoms with Gasteiger partial charge in [-0.1, -0.05) is 6.07 Å². The zero-order valence-electron chi connectivity index (χ0n) is 13.6. The molecule has 0 fully saturated rings. The Bertz CT molecular complexity index is 788. The van der Waals surface area contributed by atoms with E-state index in [4.69, 9.17) is 5.73 Å². The van der Waals surface area contributed by atoms with Crippen LogP contribution in [-0.4, -0.2) is 32.0 Å². The second-order valence-electron chi connectivity index (χ2n) is 5.19. The zero-order valence-corrected chi connectivity index (χ0v) is 15.9. The van der Waals surface area contributed by atoms with Crippen LogP contribution in [0.5, 0.6) is 0 Å². The summed E-state index contributed by atoms with van der Waals surface area (Å²) < 4.78 is 1.85. The molecule has 0 radical (unpaired) electrons. The summed E-state index contributed by atoms with van der Waals surface area (Å²) in [5, 5.41) is 3.10. The van der Waals surface area contributed by atoms with E-state index in [1.165, 1.54) is 0 Å². The fourth-order valence-electron chi connectivity index (χ4n) is 2.19. The Morgan fingerprint density at radius 3 is 2.84 bits per heavy atom. The highest BCUT2D eigenvalue weighted by Crippen LogP contribution is 2.07. The minimum Gasteiger partial charge on any atom is -0.370 e. The number of nitrogens with zero attached hydrogens (tertiary/aromatic N) is 5. The molecule has 0 saturated heterocycles. The summed E-state index contributed by atoms with van der Waals surface area (Å²) >= 11 is 0. The van der Waals surface area contributed by atoms with Crippen molar-refractivity contribution in [3.05, 3.63) is 72.7 Å². The second-order valence-corrected chi connectivity index (χ2v) is 5.19. The Labute approximate surface area is 163 Å². The van der Waals surface area contributed by atoms with Gasteiger partial charge in [0.2, 0.25) is 0 Å². The first kappa shape index (κ1) is 18.8. The topological polar surface area (TPSA) is 94.0 Å². The first-order chi connectivity index (χ1) is 11.8. The van der Waals surface area contributed by atoms with E-state index in [2.05, 4.69) is 25.3 Å². The van der Waals surface area contributed by atoms with Crippen molar-refractivity contribution >= 4 is 29.9 Å². The smallest absolute Gasteiger partial charge is 0.188 e. The Morgan fingerprint density at radius 2 is 2.08 bits per heavy atom. The maximum absolute atomic E-state index is 5.91. The van der Waals surface area contributed by atoms with Gasteiger partial charge in [0, 0.05) is 43.4 Å². The maximum Gasteiger partial charge on any atom is 0.188 e. The normalized spacial score (nSPS) is 11.0. The van der Waals surface area contributed by atoms with Gasteiger partial charge >= 0.3 is 0 Å². The van der Waals surface area contributed by atoms with Gasteiger partial charge in [0.1, 0.15) is 12.1 Å². The van der Waals surface area contributed by atoms with Gasteiger partial charge in [-0.05, 0) is 29.8 Å². The molecule has 3 aromatic heterocycles. The number of guanidine groups is 1. The van der Waals surface area contributed by atoms with Crippen LogP contribution in [0.3, 0.4) is 0 Å². The van der Waals surface area contributed by atoms with Crippen molar-refractivity contribution < 1.29 is 0 Å². The van der Waals surface area contributed by atoms with Gasteiger partial charge in [-0.3, -0.25) is 9.55 Å². The third kappa shape index (κ3) is 5.82. The Hall–Kier alpha value is -2.49. The first-order valence-electron chi connectivity index (χ1n) is 7.68. The van der Waals surface area contributed by atoms with Crippen LogP contribution in [0.4, 0.5) is 0 Å². The molecule has 0 aliphatic rings. The van der Waals surface area contributed by atoms with E-state index >= 15 is 0 Å². The maximum atomic E-state index is 5.91. The number of hydrogen-bond donors (Lipinski definition) is 2. The average Bonchev–Trinajstić information content (AvgIpc) is 3.16. The van der Waals surface area contributed by atoms with Gasteiger partial charge < -0.3 is 11.1 Å². The summed E-state index contributed by atoms with van der Waals surface area (Å²) in [6, 6.07) is 9.75. The number of halogens is 1. The highest BCUT2D eigenvalue weighted by atomic mass is 127. The minimum absolute atomic E-state index is 0. The molecule has 0 bridgehead atoms. The lowest BCUT2D eigenvalue weighted by Crippen LogP contribution is -2.33. The molecule has 0 aromatic carbocycles. The summed E-state index contributed by atoms with van der Waals surface area (Å²) in [4.78, 5) is 17.0. The molecular weight excluding hydrogens is 429 g/mol. The van der Waals surface area contributed by atoms with Crippen molar-refractivity contribution in [1.29, 1.82) is 0 Å². The molecule has 0 atom stereocenters. The van der Waals surface area contributed by atoms with Crippen molar-refractivity contribution in [1.82, 2.24) is 24.8 Å². The molecule has 25 heavy (non-hydrogen) atoms. The van der Waals surface area contributed by atoms with Gasteiger partial charge in [-0.25, -0.2) is 15.0 Å². The third-order valence-corrected chi connectivity index (χ3v) is 3.42. The minimum atomic E-state index is 0. The number of imidazole rings is 1. The summed E-state index contributed by atoms with van der Waals surface area (Å²) in [7, 11) is 0. The van der Waals surface area contributed by atoms with Crippen LogP contribution in [0.25, 0.3) is 5.82 Å². The van der Waals surface area contributed by atoms with E-state index in [9.17, 15) is 0 Å². The van der Waals surface area contributed by atoms with Crippen LogP contribution in [0.1, 0.15) is 11.3 Å². The molecule has 0 saturated carbocycles. The monoisotopic (exact) mass is 449 g/mol. The lowest BCUT2D eigenvalue weighted by molar-refractivity contribution is 0.827. The Kier molecular flexibility index (Phi) is 7.33. The number of rotatable bonds is 6. The van der Waals surface area contributed by atoms with Crippen molar-refractivity contribution in [2.45, 2.75) is 13.0 Å². The van der Waals surface area contributed by atoms with Crippen molar-refractivity contribution in [2.24, 2.45) is 10.7 Å². The average molecular weight is 449 g/mol. The van der Waals surface area contributed by atoms with Crippen LogP contribution in [0, 0.1) is 0 Å². The van der Waals surface area contributed by atoms with Gasteiger partial charge in [-0.15, -0.1) is 24.0 Å². The predicted octanol–water partition coefficient (Wildman–Crippen LogP) is 1.93. The number of aliphatic imine (C=N–C) groups is 1. The lowest BCUT2D eigenvalue weighted by atomic mass is 10.2. The van der Waals surface area contributed by atoms with E-state index in [0.717, 1.165) is 23.5 Å². The largest absolute Gasteiger partial charge is 0.370 e.